The Morgan fingerprint density at radius 1 is 0.321 bits per heavy atom. The van der Waals surface area contributed by atoms with Gasteiger partial charge < -0.3 is 8.83 Å². The second-order valence-corrected chi connectivity index (χ2v) is 13.5. The maximum absolute atomic E-state index is 6.40. The number of furan rings is 1. The summed E-state index contributed by atoms with van der Waals surface area (Å²) in [5, 5.41) is 2.07. The number of fused-ring (bicyclic) bond motifs is 4. The van der Waals surface area contributed by atoms with Crippen LogP contribution in [0.15, 0.2) is 203 Å². The van der Waals surface area contributed by atoms with E-state index in [0.717, 1.165) is 49.7 Å². The van der Waals surface area contributed by atoms with Crippen LogP contribution in [0.4, 0.5) is 0 Å². The summed E-state index contributed by atoms with van der Waals surface area (Å²) in [6.07, 6.45) is 0. The smallest absolute Gasteiger partial charge is 0.227 e. The van der Waals surface area contributed by atoms with Crippen LogP contribution in [0.2, 0.25) is 0 Å². The minimum absolute atomic E-state index is 0.0991. The second-order valence-electron chi connectivity index (χ2n) is 13.5. The molecule has 0 aliphatic heterocycles. The van der Waals surface area contributed by atoms with Gasteiger partial charge in [0.1, 0.15) is 16.7 Å². The molecule has 3 nitrogen and oxygen atoms in total. The number of oxazole rings is 1. The summed E-state index contributed by atoms with van der Waals surface area (Å²) in [5.41, 5.74) is 15.0. The second kappa shape index (κ2) is 13.0. The van der Waals surface area contributed by atoms with Crippen LogP contribution in [0.25, 0.3) is 77.9 Å². The van der Waals surface area contributed by atoms with E-state index in [1.54, 1.807) is 0 Å². The first kappa shape index (κ1) is 30.8. The molecule has 0 radical (unpaired) electrons. The Bertz CT molecular complexity index is 2850. The third-order valence-corrected chi connectivity index (χ3v) is 10.3. The van der Waals surface area contributed by atoms with Crippen LogP contribution in [-0.4, -0.2) is 4.98 Å². The Morgan fingerprint density at radius 2 is 0.811 bits per heavy atom. The number of hydrogen-bond acceptors (Lipinski definition) is 3. The molecular weight excluding hydrogens is 647 g/mol. The average Bonchev–Trinajstić information content (AvgIpc) is 3.82. The van der Waals surface area contributed by atoms with Crippen molar-refractivity contribution in [2.75, 3.05) is 0 Å². The summed E-state index contributed by atoms with van der Waals surface area (Å²) in [6.45, 7) is 0. The highest BCUT2D eigenvalue weighted by Gasteiger charge is 2.18. The number of rotatable bonds is 7. The third-order valence-electron chi connectivity index (χ3n) is 10.3. The molecule has 2 heterocycles. The van der Waals surface area contributed by atoms with Gasteiger partial charge in [0.2, 0.25) is 5.89 Å². The van der Waals surface area contributed by atoms with E-state index in [1.165, 1.54) is 38.9 Å². The van der Waals surface area contributed by atoms with Crippen LogP contribution in [-0.2, 0) is 0 Å². The minimum atomic E-state index is 0.0991. The van der Waals surface area contributed by atoms with Gasteiger partial charge in [-0.25, -0.2) is 4.98 Å². The van der Waals surface area contributed by atoms with Gasteiger partial charge in [0, 0.05) is 28.3 Å². The summed E-state index contributed by atoms with van der Waals surface area (Å²) in [5.74, 6) is 0.710. The van der Waals surface area contributed by atoms with E-state index in [4.69, 9.17) is 13.8 Å². The van der Waals surface area contributed by atoms with Crippen molar-refractivity contribution in [1.29, 1.82) is 0 Å². The van der Waals surface area contributed by atoms with E-state index >= 15 is 0 Å². The summed E-state index contributed by atoms with van der Waals surface area (Å²) in [7, 11) is 0. The third kappa shape index (κ3) is 5.79. The molecule has 0 aliphatic rings. The monoisotopic (exact) mass is 679 g/mol. The van der Waals surface area contributed by atoms with Gasteiger partial charge in [-0.15, -0.1) is 0 Å². The minimum Gasteiger partial charge on any atom is -0.456 e. The van der Waals surface area contributed by atoms with Crippen LogP contribution >= 0.6 is 0 Å². The first-order valence-corrected chi connectivity index (χ1v) is 18.0. The Morgan fingerprint density at radius 3 is 1.45 bits per heavy atom. The molecule has 0 fully saturated rings. The predicted molar refractivity (Wildman–Crippen MR) is 217 cm³/mol. The van der Waals surface area contributed by atoms with E-state index in [2.05, 4.69) is 152 Å². The molecule has 0 amide bonds. The molecule has 0 aliphatic carbocycles. The first-order valence-electron chi connectivity index (χ1n) is 18.0. The van der Waals surface area contributed by atoms with E-state index in [1.807, 2.05) is 42.5 Å². The summed E-state index contributed by atoms with van der Waals surface area (Å²) in [4.78, 5) is 4.74. The molecule has 0 bridgehead atoms. The molecule has 1 atom stereocenters. The van der Waals surface area contributed by atoms with Crippen molar-refractivity contribution >= 4 is 33.0 Å². The van der Waals surface area contributed by atoms with Gasteiger partial charge in [-0.05, 0) is 86.5 Å². The molecule has 8 aromatic carbocycles. The highest BCUT2D eigenvalue weighted by Crippen LogP contribution is 2.38. The molecule has 53 heavy (non-hydrogen) atoms. The zero-order chi connectivity index (χ0) is 35.1. The fourth-order valence-corrected chi connectivity index (χ4v) is 7.55. The van der Waals surface area contributed by atoms with Crippen molar-refractivity contribution in [2.24, 2.45) is 0 Å². The van der Waals surface area contributed by atoms with E-state index in [0.29, 0.717) is 5.89 Å². The van der Waals surface area contributed by atoms with E-state index in [9.17, 15) is 0 Å². The molecular formula is C50H33NO2. The topological polar surface area (TPSA) is 39.2 Å². The lowest BCUT2D eigenvalue weighted by Gasteiger charge is -2.20. The molecule has 10 rings (SSSR count). The zero-order valence-electron chi connectivity index (χ0n) is 28.8. The van der Waals surface area contributed by atoms with E-state index in [-0.39, 0.29) is 5.92 Å². The Labute approximate surface area is 307 Å². The van der Waals surface area contributed by atoms with Crippen LogP contribution < -0.4 is 0 Å². The van der Waals surface area contributed by atoms with Crippen molar-refractivity contribution in [3.63, 3.8) is 0 Å². The van der Waals surface area contributed by atoms with Gasteiger partial charge in [-0.2, -0.15) is 0 Å². The van der Waals surface area contributed by atoms with Gasteiger partial charge in [0.15, 0.2) is 5.58 Å². The van der Waals surface area contributed by atoms with Crippen LogP contribution in [0.5, 0.6) is 0 Å². The van der Waals surface area contributed by atoms with Gasteiger partial charge in [0.05, 0.1) is 0 Å². The zero-order valence-corrected chi connectivity index (χ0v) is 28.8. The number of benzene rings is 8. The molecule has 0 saturated heterocycles. The number of hydrogen-bond donors (Lipinski definition) is 0. The maximum Gasteiger partial charge on any atom is 0.227 e. The van der Waals surface area contributed by atoms with Gasteiger partial charge in [-0.3, -0.25) is 0 Å². The van der Waals surface area contributed by atoms with Crippen LogP contribution in [0.1, 0.15) is 22.6 Å². The Kier molecular flexibility index (Phi) is 7.54. The standard InChI is InChI=1S/C50H33NO2/c1-4-11-33(12-5-1)40-17-10-18-41(29-40)34-19-23-37(24-20-34)49(36-13-6-2-7-14-36)38-25-21-35(22-26-38)42-27-28-43-44-31-48-45(32-47(44)52-46(43)30-42)51-50(53-48)39-15-8-3-9-16-39/h1-32,49H. The van der Waals surface area contributed by atoms with Crippen molar-refractivity contribution < 1.29 is 8.83 Å². The van der Waals surface area contributed by atoms with Gasteiger partial charge >= 0.3 is 0 Å². The van der Waals surface area contributed by atoms with Crippen LogP contribution in [0, 0.1) is 0 Å². The molecule has 250 valence electrons. The van der Waals surface area contributed by atoms with Crippen molar-refractivity contribution in [3.05, 3.63) is 211 Å². The first-order chi connectivity index (χ1) is 26.2. The molecule has 1 unspecified atom stereocenters. The SMILES string of the molecule is c1ccc(-c2cccc(-c3ccc(C(c4ccccc4)c4ccc(-c5ccc6c(c5)oc5cc7nc(-c8ccccc8)oc7cc56)cc4)cc3)c2)cc1. The lowest BCUT2D eigenvalue weighted by molar-refractivity contribution is 0.620. The predicted octanol–water partition coefficient (Wildman–Crippen LogP) is 13.6. The number of nitrogens with zero attached hydrogens (tertiary/aromatic N) is 1. The molecule has 0 spiro atoms. The lowest BCUT2D eigenvalue weighted by atomic mass is 9.84. The molecule has 0 saturated carbocycles. The van der Waals surface area contributed by atoms with Crippen LogP contribution in [0.3, 0.4) is 0 Å². The largest absolute Gasteiger partial charge is 0.456 e. The van der Waals surface area contributed by atoms with Gasteiger partial charge in [0.25, 0.3) is 0 Å². The van der Waals surface area contributed by atoms with Crippen molar-refractivity contribution in [3.8, 4) is 44.8 Å². The van der Waals surface area contributed by atoms with Crippen molar-refractivity contribution in [1.82, 2.24) is 4.98 Å². The van der Waals surface area contributed by atoms with E-state index < -0.39 is 0 Å². The van der Waals surface area contributed by atoms with Gasteiger partial charge in [-0.1, -0.05) is 152 Å². The normalized spacial score (nSPS) is 12.1. The fraction of sp³-hybridized carbons (Fsp3) is 0.0200. The Balaban J connectivity index is 0.952. The van der Waals surface area contributed by atoms with Crippen molar-refractivity contribution in [2.45, 2.75) is 5.92 Å². The lowest BCUT2D eigenvalue weighted by Crippen LogP contribution is -2.03. The molecule has 10 aromatic rings. The fourth-order valence-electron chi connectivity index (χ4n) is 7.55. The summed E-state index contributed by atoms with van der Waals surface area (Å²) < 4.78 is 12.6. The highest BCUT2D eigenvalue weighted by molar-refractivity contribution is 6.09. The average molecular weight is 680 g/mol. The number of aromatic nitrogens is 1. The highest BCUT2D eigenvalue weighted by atomic mass is 16.4. The molecule has 0 N–H and O–H groups in total. The maximum atomic E-state index is 6.40. The Hall–Kier alpha value is -6.97. The summed E-state index contributed by atoms with van der Waals surface area (Å²) in [6, 6.07) is 68.6. The molecule has 2 aromatic heterocycles. The molecule has 3 heteroatoms. The quantitative estimate of drug-likeness (QED) is 0.157. The summed E-state index contributed by atoms with van der Waals surface area (Å²) >= 11 is 0.